The molecule has 0 bridgehead atoms. The molecule has 4 aromatic rings. The van der Waals surface area contributed by atoms with Crippen molar-refractivity contribution < 1.29 is 5.11 Å². The van der Waals surface area contributed by atoms with Crippen LogP contribution in [0.15, 0.2) is 66.7 Å². The second-order valence-corrected chi connectivity index (χ2v) is 5.98. The lowest BCUT2D eigenvalue weighted by Crippen LogP contribution is -1.74. The standard InChI is InChI=1S/C18H12OS/c19-16-8-7-15-10-17(20-18(15)11-16)14-6-5-12-3-1-2-4-13(12)9-14/h1-11,19H. The molecule has 0 amide bonds. The molecule has 0 aliphatic heterocycles. The van der Waals surface area contributed by atoms with Crippen LogP contribution in [0.2, 0.25) is 0 Å². The van der Waals surface area contributed by atoms with Gasteiger partial charge in [0.25, 0.3) is 0 Å². The lowest BCUT2D eigenvalue weighted by Gasteiger charge is -2.01. The van der Waals surface area contributed by atoms with Crippen LogP contribution in [0.4, 0.5) is 0 Å². The van der Waals surface area contributed by atoms with Crippen LogP contribution in [0.25, 0.3) is 31.3 Å². The summed E-state index contributed by atoms with van der Waals surface area (Å²) in [7, 11) is 0. The Balaban J connectivity index is 1.91. The molecule has 0 unspecified atom stereocenters. The van der Waals surface area contributed by atoms with E-state index in [-0.39, 0.29) is 0 Å². The maximum atomic E-state index is 9.56. The van der Waals surface area contributed by atoms with Gasteiger partial charge in [-0.1, -0.05) is 36.4 Å². The second kappa shape index (κ2) is 4.36. The molecule has 0 fully saturated rings. The van der Waals surface area contributed by atoms with E-state index in [2.05, 4.69) is 48.5 Å². The van der Waals surface area contributed by atoms with Gasteiger partial charge in [-0.25, -0.2) is 0 Å². The number of benzene rings is 3. The molecule has 1 nitrogen and oxygen atoms in total. The smallest absolute Gasteiger partial charge is 0.117 e. The molecule has 0 saturated heterocycles. The maximum Gasteiger partial charge on any atom is 0.117 e. The molecule has 2 heteroatoms. The molecule has 0 aliphatic carbocycles. The molecule has 0 atom stereocenters. The first-order valence-corrected chi connectivity index (χ1v) is 7.33. The van der Waals surface area contributed by atoms with Crippen molar-refractivity contribution in [3.05, 3.63) is 66.7 Å². The molecule has 96 valence electrons. The summed E-state index contributed by atoms with van der Waals surface area (Å²) < 4.78 is 1.12. The number of hydrogen-bond donors (Lipinski definition) is 1. The van der Waals surface area contributed by atoms with Crippen molar-refractivity contribution in [2.45, 2.75) is 0 Å². The average molecular weight is 276 g/mol. The van der Waals surface area contributed by atoms with E-state index < -0.39 is 0 Å². The van der Waals surface area contributed by atoms with Gasteiger partial charge in [0.15, 0.2) is 0 Å². The van der Waals surface area contributed by atoms with E-state index in [9.17, 15) is 5.11 Å². The summed E-state index contributed by atoms with van der Waals surface area (Å²) in [6.07, 6.45) is 0. The Morgan fingerprint density at radius 2 is 1.50 bits per heavy atom. The van der Waals surface area contributed by atoms with Crippen molar-refractivity contribution in [2.75, 3.05) is 0 Å². The summed E-state index contributed by atoms with van der Waals surface area (Å²) in [6.45, 7) is 0. The lowest BCUT2D eigenvalue weighted by atomic mass is 10.1. The van der Waals surface area contributed by atoms with Crippen LogP contribution >= 0.6 is 11.3 Å². The summed E-state index contributed by atoms with van der Waals surface area (Å²) in [6, 6.07) is 22.6. The maximum absolute atomic E-state index is 9.56. The van der Waals surface area contributed by atoms with Crippen LogP contribution in [-0.4, -0.2) is 5.11 Å². The van der Waals surface area contributed by atoms with Gasteiger partial charge in [-0.3, -0.25) is 0 Å². The molecular formula is C18H12OS. The molecule has 4 rings (SSSR count). The van der Waals surface area contributed by atoms with Gasteiger partial charge in [0.2, 0.25) is 0 Å². The van der Waals surface area contributed by atoms with E-state index in [1.165, 1.54) is 26.6 Å². The number of thiophene rings is 1. The highest BCUT2D eigenvalue weighted by Gasteiger charge is 2.05. The average Bonchev–Trinajstić information content (AvgIpc) is 2.89. The zero-order valence-corrected chi connectivity index (χ0v) is 11.5. The van der Waals surface area contributed by atoms with E-state index in [0.29, 0.717) is 5.75 Å². The molecular weight excluding hydrogens is 264 g/mol. The number of hydrogen-bond acceptors (Lipinski definition) is 2. The number of phenolic OH excluding ortho intramolecular Hbond substituents is 1. The van der Waals surface area contributed by atoms with E-state index in [4.69, 9.17) is 0 Å². The fourth-order valence-corrected chi connectivity index (χ4v) is 3.60. The van der Waals surface area contributed by atoms with Crippen LogP contribution in [0.1, 0.15) is 0 Å². The zero-order valence-electron chi connectivity index (χ0n) is 10.7. The van der Waals surface area contributed by atoms with Gasteiger partial charge in [-0.05, 0) is 52.1 Å². The van der Waals surface area contributed by atoms with Crippen LogP contribution < -0.4 is 0 Å². The highest BCUT2D eigenvalue weighted by molar-refractivity contribution is 7.22. The Hall–Kier alpha value is -2.32. The Morgan fingerprint density at radius 1 is 0.700 bits per heavy atom. The van der Waals surface area contributed by atoms with E-state index in [1.54, 1.807) is 17.4 Å². The number of fused-ring (bicyclic) bond motifs is 2. The van der Waals surface area contributed by atoms with Crippen LogP contribution in [0, 0.1) is 0 Å². The minimum absolute atomic E-state index is 0.324. The molecule has 1 aromatic heterocycles. The molecule has 0 radical (unpaired) electrons. The van der Waals surface area contributed by atoms with Gasteiger partial charge >= 0.3 is 0 Å². The first kappa shape index (κ1) is 11.5. The molecule has 3 aromatic carbocycles. The van der Waals surface area contributed by atoms with Gasteiger partial charge in [-0.15, -0.1) is 11.3 Å². The lowest BCUT2D eigenvalue weighted by molar-refractivity contribution is 0.476. The fourth-order valence-electron chi connectivity index (χ4n) is 2.50. The summed E-state index contributed by atoms with van der Waals surface area (Å²) in [5.74, 6) is 0.324. The Kier molecular flexibility index (Phi) is 2.51. The largest absolute Gasteiger partial charge is 0.508 e. The van der Waals surface area contributed by atoms with Gasteiger partial charge in [0.05, 0.1) is 0 Å². The van der Waals surface area contributed by atoms with Crippen molar-refractivity contribution in [3.8, 4) is 16.2 Å². The van der Waals surface area contributed by atoms with Crippen molar-refractivity contribution in [1.29, 1.82) is 0 Å². The highest BCUT2D eigenvalue weighted by Crippen LogP contribution is 2.36. The van der Waals surface area contributed by atoms with Crippen LogP contribution in [0.5, 0.6) is 5.75 Å². The minimum Gasteiger partial charge on any atom is -0.508 e. The molecule has 0 spiro atoms. The Morgan fingerprint density at radius 3 is 2.40 bits per heavy atom. The third-order valence-corrected chi connectivity index (χ3v) is 4.68. The van der Waals surface area contributed by atoms with Crippen LogP contribution in [0.3, 0.4) is 0 Å². The summed E-state index contributed by atoms with van der Waals surface area (Å²) in [5, 5.41) is 13.2. The van der Waals surface area contributed by atoms with Gasteiger partial charge < -0.3 is 5.11 Å². The topological polar surface area (TPSA) is 20.2 Å². The number of phenols is 1. The highest BCUT2D eigenvalue weighted by atomic mass is 32.1. The molecule has 20 heavy (non-hydrogen) atoms. The van der Waals surface area contributed by atoms with Crippen molar-refractivity contribution >= 4 is 32.2 Å². The van der Waals surface area contributed by atoms with Gasteiger partial charge in [0.1, 0.15) is 5.75 Å². The third-order valence-electron chi connectivity index (χ3n) is 3.54. The summed E-state index contributed by atoms with van der Waals surface area (Å²) in [5.41, 5.74) is 1.23. The van der Waals surface area contributed by atoms with Crippen molar-refractivity contribution in [3.63, 3.8) is 0 Å². The molecule has 0 aliphatic rings. The second-order valence-electron chi connectivity index (χ2n) is 4.89. The predicted octanol–water partition coefficient (Wildman–Crippen LogP) is 5.43. The number of rotatable bonds is 1. The number of aromatic hydroxyl groups is 1. The van der Waals surface area contributed by atoms with Crippen molar-refractivity contribution in [1.82, 2.24) is 0 Å². The SMILES string of the molecule is Oc1ccc2cc(-c3ccc4ccccc4c3)sc2c1. The third kappa shape index (κ3) is 1.86. The normalized spacial score (nSPS) is 11.2. The summed E-state index contributed by atoms with van der Waals surface area (Å²) in [4.78, 5) is 1.23. The quantitative estimate of drug-likeness (QED) is 0.491. The molecule has 1 heterocycles. The van der Waals surface area contributed by atoms with Crippen LogP contribution in [-0.2, 0) is 0 Å². The van der Waals surface area contributed by atoms with Gasteiger partial charge in [0, 0.05) is 9.58 Å². The van der Waals surface area contributed by atoms with E-state index in [0.717, 1.165) is 4.70 Å². The first-order chi connectivity index (χ1) is 9.79. The first-order valence-electron chi connectivity index (χ1n) is 6.51. The van der Waals surface area contributed by atoms with E-state index in [1.807, 2.05) is 12.1 Å². The van der Waals surface area contributed by atoms with Crippen molar-refractivity contribution in [2.24, 2.45) is 0 Å². The Bertz CT molecular complexity index is 921. The molecule has 0 saturated carbocycles. The fraction of sp³-hybridized carbons (Fsp3) is 0. The molecule has 1 N–H and O–H groups in total. The Labute approximate surface area is 120 Å². The monoisotopic (exact) mass is 276 g/mol. The van der Waals surface area contributed by atoms with Gasteiger partial charge in [-0.2, -0.15) is 0 Å². The van der Waals surface area contributed by atoms with E-state index >= 15 is 0 Å². The summed E-state index contributed by atoms with van der Waals surface area (Å²) >= 11 is 1.71. The zero-order chi connectivity index (χ0) is 13.5. The predicted molar refractivity (Wildman–Crippen MR) is 86.4 cm³/mol. The minimum atomic E-state index is 0.324.